The molecule has 2 aromatic carbocycles. The summed E-state index contributed by atoms with van der Waals surface area (Å²) in [6.07, 6.45) is 5.03. The standard InChI is InChI=1S/C20H21N3O3/c1-25-17-7-3-15(4-8-17)20(16-5-9-18(26-2)10-6-16)22-19(24)13-23-12-11-21-14-23/h3-12,14,20H,13H2,1-2H3,(H,22,24). The van der Waals surface area contributed by atoms with E-state index in [-0.39, 0.29) is 18.5 Å². The third kappa shape index (κ3) is 4.22. The lowest BCUT2D eigenvalue weighted by molar-refractivity contribution is -0.122. The van der Waals surface area contributed by atoms with Crippen molar-refractivity contribution < 1.29 is 14.3 Å². The lowest BCUT2D eigenvalue weighted by Gasteiger charge is -2.20. The van der Waals surface area contributed by atoms with E-state index in [0.717, 1.165) is 22.6 Å². The quantitative estimate of drug-likeness (QED) is 0.711. The predicted octanol–water partition coefficient (Wildman–Crippen LogP) is 2.81. The molecule has 0 aliphatic rings. The molecule has 3 aromatic rings. The zero-order valence-corrected chi connectivity index (χ0v) is 14.8. The number of carbonyl (C=O) groups excluding carboxylic acids is 1. The first-order valence-electron chi connectivity index (χ1n) is 8.22. The molecule has 0 unspecified atom stereocenters. The molecular weight excluding hydrogens is 330 g/mol. The lowest BCUT2D eigenvalue weighted by atomic mass is 9.98. The SMILES string of the molecule is COc1ccc(C(NC(=O)Cn2ccnc2)c2ccc(OC)cc2)cc1. The van der Waals surface area contributed by atoms with Gasteiger partial charge in [-0.15, -0.1) is 0 Å². The number of hydrogen-bond acceptors (Lipinski definition) is 4. The zero-order valence-electron chi connectivity index (χ0n) is 14.8. The van der Waals surface area contributed by atoms with Gasteiger partial charge in [0, 0.05) is 12.4 Å². The third-order valence-electron chi connectivity index (χ3n) is 4.09. The van der Waals surface area contributed by atoms with Crippen molar-refractivity contribution in [1.29, 1.82) is 0 Å². The van der Waals surface area contributed by atoms with Gasteiger partial charge in [-0.3, -0.25) is 4.79 Å². The van der Waals surface area contributed by atoms with E-state index in [1.807, 2.05) is 48.5 Å². The largest absolute Gasteiger partial charge is 0.497 e. The summed E-state index contributed by atoms with van der Waals surface area (Å²) >= 11 is 0. The van der Waals surface area contributed by atoms with Crippen LogP contribution in [0.1, 0.15) is 17.2 Å². The second-order valence-electron chi connectivity index (χ2n) is 5.78. The van der Waals surface area contributed by atoms with Gasteiger partial charge < -0.3 is 19.4 Å². The number of amides is 1. The molecule has 0 aliphatic heterocycles. The van der Waals surface area contributed by atoms with Crippen LogP contribution in [-0.2, 0) is 11.3 Å². The molecule has 0 spiro atoms. The van der Waals surface area contributed by atoms with E-state index in [2.05, 4.69) is 10.3 Å². The Bertz CT molecular complexity index is 780. The van der Waals surface area contributed by atoms with Crippen LogP contribution in [0.4, 0.5) is 0 Å². The van der Waals surface area contributed by atoms with Crippen LogP contribution in [0, 0.1) is 0 Å². The highest BCUT2D eigenvalue weighted by Gasteiger charge is 2.17. The molecule has 0 radical (unpaired) electrons. The molecule has 26 heavy (non-hydrogen) atoms. The van der Waals surface area contributed by atoms with E-state index >= 15 is 0 Å². The summed E-state index contributed by atoms with van der Waals surface area (Å²) in [5, 5.41) is 3.09. The van der Waals surface area contributed by atoms with Crippen molar-refractivity contribution in [2.75, 3.05) is 14.2 Å². The molecule has 0 saturated heterocycles. The first kappa shape index (κ1) is 17.5. The molecule has 1 aromatic heterocycles. The van der Waals surface area contributed by atoms with E-state index in [1.54, 1.807) is 37.5 Å². The summed E-state index contributed by atoms with van der Waals surface area (Å²) in [5.41, 5.74) is 1.94. The molecule has 1 amide bonds. The third-order valence-corrected chi connectivity index (χ3v) is 4.09. The molecule has 0 aliphatic carbocycles. The van der Waals surface area contributed by atoms with Gasteiger partial charge in [0.05, 0.1) is 26.6 Å². The molecule has 0 fully saturated rings. The van der Waals surface area contributed by atoms with Gasteiger partial charge in [0.1, 0.15) is 18.0 Å². The smallest absolute Gasteiger partial charge is 0.240 e. The van der Waals surface area contributed by atoms with E-state index in [4.69, 9.17) is 9.47 Å². The van der Waals surface area contributed by atoms with Gasteiger partial charge in [-0.25, -0.2) is 4.98 Å². The number of benzene rings is 2. The number of carbonyl (C=O) groups is 1. The normalized spacial score (nSPS) is 10.6. The summed E-state index contributed by atoms with van der Waals surface area (Å²) in [5.74, 6) is 1.44. The second-order valence-corrected chi connectivity index (χ2v) is 5.78. The van der Waals surface area contributed by atoms with Crippen molar-refractivity contribution in [2.24, 2.45) is 0 Å². The molecule has 0 atom stereocenters. The topological polar surface area (TPSA) is 65.4 Å². The van der Waals surface area contributed by atoms with Crippen molar-refractivity contribution in [3.63, 3.8) is 0 Å². The van der Waals surface area contributed by atoms with Crippen molar-refractivity contribution >= 4 is 5.91 Å². The molecule has 3 rings (SSSR count). The fourth-order valence-electron chi connectivity index (χ4n) is 2.70. The van der Waals surface area contributed by atoms with Crippen LogP contribution in [0.3, 0.4) is 0 Å². The molecule has 6 heteroatoms. The number of ether oxygens (including phenoxy) is 2. The van der Waals surface area contributed by atoms with Gasteiger partial charge in [0.2, 0.25) is 5.91 Å². The molecular formula is C20H21N3O3. The monoisotopic (exact) mass is 351 g/mol. The van der Waals surface area contributed by atoms with Crippen LogP contribution < -0.4 is 14.8 Å². The summed E-state index contributed by atoms with van der Waals surface area (Å²) < 4.78 is 12.2. The lowest BCUT2D eigenvalue weighted by Crippen LogP contribution is -2.32. The second kappa shape index (κ2) is 8.20. The molecule has 0 saturated carbocycles. The average Bonchev–Trinajstić information content (AvgIpc) is 3.19. The summed E-state index contributed by atoms with van der Waals surface area (Å²) in [4.78, 5) is 16.5. The Labute approximate surface area is 152 Å². The maximum absolute atomic E-state index is 12.5. The fourth-order valence-corrected chi connectivity index (χ4v) is 2.70. The first-order valence-corrected chi connectivity index (χ1v) is 8.22. The van der Waals surface area contributed by atoms with Crippen molar-refractivity contribution in [1.82, 2.24) is 14.9 Å². The van der Waals surface area contributed by atoms with E-state index in [0.29, 0.717) is 0 Å². The number of aromatic nitrogens is 2. The minimum absolute atomic E-state index is 0.0976. The van der Waals surface area contributed by atoms with E-state index < -0.39 is 0 Å². The highest BCUT2D eigenvalue weighted by molar-refractivity contribution is 5.76. The summed E-state index contributed by atoms with van der Waals surface area (Å²) in [7, 11) is 3.26. The van der Waals surface area contributed by atoms with Crippen LogP contribution in [0.25, 0.3) is 0 Å². The Morgan fingerprint density at radius 3 is 1.96 bits per heavy atom. The van der Waals surface area contributed by atoms with Gasteiger partial charge in [0.15, 0.2) is 0 Å². The Balaban J connectivity index is 1.85. The predicted molar refractivity (Wildman–Crippen MR) is 98.2 cm³/mol. The van der Waals surface area contributed by atoms with Crippen LogP contribution in [0.5, 0.6) is 11.5 Å². The number of hydrogen-bond donors (Lipinski definition) is 1. The maximum Gasteiger partial charge on any atom is 0.240 e. The van der Waals surface area contributed by atoms with Crippen LogP contribution in [0.2, 0.25) is 0 Å². The summed E-state index contributed by atoms with van der Waals surface area (Å²) in [6, 6.07) is 15.1. The Morgan fingerprint density at radius 1 is 1.00 bits per heavy atom. The van der Waals surface area contributed by atoms with Crippen LogP contribution in [-0.4, -0.2) is 29.7 Å². The van der Waals surface area contributed by atoms with Crippen LogP contribution in [0.15, 0.2) is 67.3 Å². The highest BCUT2D eigenvalue weighted by Crippen LogP contribution is 2.26. The number of nitrogens with zero attached hydrogens (tertiary/aromatic N) is 2. The van der Waals surface area contributed by atoms with Crippen molar-refractivity contribution in [3.05, 3.63) is 78.4 Å². The van der Waals surface area contributed by atoms with Gasteiger partial charge in [-0.05, 0) is 35.4 Å². The minimum Gasteiger partial charge on any atom is -0.497 e. The minimum atomic E-state index is -0.275. The number of rotatable bonds is 7. The van der Waals surface area contributed by atoms with Crippen molar-refractivity contribution in [2.45, 2.75) is 12.6 Å². The fraction of sp³-hybridized carbons (Fsp3) is 0.200. The van der Waals surface area contributed by atoms with Gasteiger partial charge in [-0.1, -0.05) is 24.3 Å². The first-order chi connectivity index (χ1) is 12.7. The van der Waals surface area contributed by atoms with Crippen molar-refractivity contribution in [3.8, 4) is 11.5 Å². The highest BCUT2D eigenvalue weighted by atomic mass is 16.5. The van der Waals surface area contributed by atoms with E-state index in [1.165, 1.54) is 0 Å². The number of methoxy groups -OCH3 is 2. The maximum atomic E-state index is 12.5. The number of nitrogens with one attached hydrogen (secondary N) is 1. The molecule has 1 heterocycles. The molecule has 0 bridgehead atoms. The van der Waals surface area contributed by atoms with Gasteiger partial charge in [0.25, 0.3) is 0 Å². The molecule has 1 N–H and O–H groups in total. The summed E-state index contributed by atoms with van der Waals surface area (Å²) in [6.45, 7) is 0.211. The zero-order chi connectivity index (χ0) is 18.4. The van der Waals surface area contributed by atoms with Gasteiger partial charge >= 0.3 is 0 Å². The average molecular weight is 351 g/mol. The Hall–Kier alpha value is -3.28. The Kier molecular flexibility index (Phi) is 5.53. The molecule has 6 nitrogen and oxygen atoms in total. The van der Waals surface area contributed by atoms with Gasteiger partial charge in [-0.2, -0.15) is 0 Å². The molecule has 134 valence electrons. The number of imidazole rings is 1. The Morgan fingerprint density at radius 2 is 1.54 bits per heavy atom. The van der Waals surface area contributed by atoms with E-state index in [9.17, 15) is 4.79 Å². The van der Waals surface area contributed by atoms with Crippen LogP contribution >= 0.6 is 0 Å².